The van der Waals surface area contributed by atoms with Crippen molar-refractivity contribution >= 4 is 0 Å². The van der Waals surface area contributed by atoms with E-state index in [0.29, 0.717) is 11.1 Å². The molecule has 1 spiro atoms. The minimum atomic E-state index is 0.371. The highest BCUT2D eigenvalue weighted by molar-refractivity contribution is 5.05. The molecule has 0 radical (unpaired) electrons. The molecule has 1 atom stereocenters. The van der Waals surface area contributed by atoms with Gasteiger partial charge in [0.15, 0.2) is 0 Å². The monoisotopic (exact) mass is 266 g/mol. The van der Waals surface area contributed by atoms with Gasteiger partial charge in [-0.2, -0.15) is 0 Å². The highest BCUT2D eigenvalue weighted by Gasteiger charge is 2.45. The molecular weight excluding hydrogens is 232 g/mol. The average Bonchev–Trinajstić information content (AvgIpc) is 2.88. The van der Waals surface area contributed by atoms with Gasteiger partial charge in [-0.25, -0.2) is 0 Å². The Labute approximate surface area is 120 Å². The summed E-state index contributed by atoms with van der Waals surface area (Å²) in [5.41, 5.74) is 0.830. The molecule has 0 aromatic carbocycles. The Hall–Kier alpha value is -0.0800. The standard InChI is InChI=1S/C17H34N2/c1-5-15(6-2)12-19-14-17(10-8-9-11-17)18-13-16(19,4)7-3/h15,18H,5-14H2,1-4H3. The zero-order valence-corrected chi connectivity index (χ0v) is 13.6. The summed E-state index contributed by atoms with van der Waals surface area (Å²) in [4.78, 5) is 2.84. The van der Waals surface area contributed by atoms with Gasteiger partial charge >= 0.3 is 0 Å². The second-order valence-corrected chi connectivity index (χ2v) is 7.25. The number of nitrogens with zero attached hydrogens (tertiary/aromatic N) is 1. The SMILES string of the molecule is CCC(CC)CN1CC2(CCCC2)NCC1(C)CC. The van der Waals surface area contributed by atoms with Gasteiger partial charge in [0.25, 0.3) is 0 Å². The van der Waals surface area contributed by atoms with Gasteiger partial charge in [-0.15, -0.1) is 0 Å². The largest absolute Gasteiger partial charge is 0.308 e. The Bertz CT molecular complexity index is 279. The van der Waals surface area contributed by atoms with Gasteiger partial charge in [0.2, 0.25) is 0 Å². The summed E-state index contributed by atoms with van der Waals surface area (Å²) >= 11 is 0. The second kappa shape index (κ2) is 6.13. The summed E-state index contributed by atoms with van der Waals surface area (Å²) in [5, 5.41) is 3.93. The van der Waals surface area contributed by atoms with Gasteiger partial charge in [-0.1, -0.05) is 46.5 Å². The lowest BCUT2D eigenvalue weighted by Gasteiger charge is -2.53. The minimum absolute atomic E-state index is 0.371. The van der Waals surface area contributed by atoms with Crippen LogP contribution in [0.2, 0.25) is 0 Å². The molecule has 19 heavy (non-hydrogen) atoms. The van der Waals surface area contributed by atoms with E-state index in [9.17, 15) is 0 Å². The van der Waals surface area contributed by atoms with E-state index in [1.807, 2.05) is 0 Å². The Balaban J connectivity index is 2.08. The third-order valence-electron chi connectivity index (χ3n) is 6.06. The first-order valence-electron chi connectivity index (χ1n) is 8.57. The van der Waals surface area contributed by atoms with Gasteiger partial charge < -0.3 is 5.32 Å². The van der Waals surface area contributed by atoms with Crippen LogP contribution in [0.15, 0.2) is 0 Å². The molecule has 2 heteroatoms. The van der Waals surface area contributed by atoms with E-state index in [0.717, 1.165) is 5.92 Å². The van der Waals surface area contributed by atoms with Crippen molar-refractivity contribution in [1.82, 2.24) is 10.2 Å². The summed E-state index contributed by atoms with van der Waals surface area (Å²) in [7, 11) is 0. The molecule has 1 N–H and O–H groups in total. The van der Waals surface area contributed by atoms with E-state index in [2.05, 4.69) is 37.9 Å². The topological polar surface area (TPSA) is 15.3 Å². The number of hydrogen-bond donors (Lipinski definition) is 1. The number of rotatable bonds is 5. The maximum absolute atomic E-state index is 3.93. The number of piperazine rings is 1. The maximum Gasteiger partial charge on any atom is 0.0309 e. The molecule has 0 bridgehead atoms. The molecule has 112 valence electrons. The van der Waals surface area contributed by atoms with Crippen LogP contribution in [0.1, 0.15) is 72.6 Å². The van der Waals surface area contributed by atoms with Gasteiger partial charge in [0.1, 0.15) is 0 Å². The van der Waals surface area contributed by atoms with Crippen LogP contribution >= 0.6 is 0 Å². The van der Waals surface area contributed by atoms with Crippen molar-refractivity contribution < 1.29 is 0 Å². The molecule has 2 fully saturated rings. The Morgan fingerprint density at radius 2 is 1.74 bits per heavy atom. The first kappa shape index (κ1) is 15.3. The molecule has 1 heterocycles. The normalized spacial score (nSPS) is 31.4. The van der Waals surface area contributed by atoms with Crippen LogP contribution in [0.4, 0.5) is 0 Å². The van der Waals surface area contributed by atoms with Crippen LogP contribution in [0.5, 0.6) is 0 Å². The molecule has 1 unspecified atom stereocenters. The van der Waals surface area contributed by atoms with E-state index >= 15 is 0 Å². The molecule has 0 amide bonds. The van der Waals surface area contributed by atoms with Crippen LogP contribution in [-0.2, 0) is 0 Å². The summed E-state index contributed by atoms with van der Waals surface area (Å²) in [6, 6.07) is 0. The van der Waals surface area contributed by atoms with E-state index in [1.54, 1.807) is 0 Å². The lowest BCUT2D eigenvalue weighted by atomic mass is 9.84. The fourth-order valence-electron chi connectivity index (χ4n) is 3.98. The van der Waals surface area contributed by atoms with Crippen molar-refractivity contribution in [2.75, 3.05) is 19.6 Å². The Kier molecular flexibility index (Phi) is 4.94. The molecule has 2 rings (SSSR count). The van der Waals surface area contributed by atoms with Crippen molar-refractivity contribution in [1.29, 1.82) is 0 Å². The molecule has 2 nitrogen and oxygen atoms in total. The fourth-order valence-corrected chi connectivity index (χ4v) is 3.98. The highest BCUT2D eigenvalue weighted by atomic mass is 15.3. The Morgan fingerprint density at radius 1 is 1.11 bits per heavy atom. The number of hydrogen-bond acceptors (Lipinski definition) is 2. The van der Waals surface area contributed by atoms with Crippen LogP contribution < -0.4 is 5.32 Å². The molecule has 1 saturated heterocycles. The molecule has 1 aliphatic carbocycles. The quantitative estimate of drug-likeness (QED) is 0.814. The lowest BCUT2D eigenvalue weighted by Crippen LogP contribution is -2.68. The summed E-state index contributed by atoms with van der Waals surface area (Å²) < 4.78 is 0. The van der Waals surface area contributed by atoms with E-state index in [-0.39, 0.29) is 0 Å². The zero-order chi connectivity index (χ0) is 13.9. The van der Waals surface area contributed by atoms with Crippen LogP contribution in [0, 0.1) is 5.92 Å². The van der Waals surface area contributed by atoms with Crippen LogP contribution in [0.25, 0.3) is 0 Å². The predicted molar refractivity (Wildman–Crippen MR) is 83.5 cm³/mol. The van der Waals surface area contributed by atoms with Crippen molar-refractivity contribution in [3.8, 4) is 0 Å². The molecule has 2 aliphatic rings. The second-order valence-electron chi connectivity index (χ2n) is 7.25. The fraction of sp³-hybridized carbons (Fsp3) is 1.00. The third kappa shape index (κ3) is 3.16. The molecular formula is C17H34N2. The zero-order valence-electron chi connectivity index (χ0n) is 13.6. The molecule has 1 aliphatic heterocycles. The van der Waals surface area contributed by atoms with Crippen molar-refractivity contribution in [3.63, 3.8) is 0 Å². The predicted octanol–water partition coefficient (Wildman–Crippen LogP) is 3.81. The van der Waals surface area contributed by atoms with E-state index < -0.39 is 0 Å². The van der Waals surface area contributed by atoms with Gasteiger partial charge in [0, 0.05) is 30.7 Å². The minimum Gasteiger partial charge on any atom is -0.308 e. The van der Waals surface area contributed by atoms with Crippen LogP contribution in [0.3, 0.4) is 0 Å². The summed E-state index contributed by atoms with van der Waals surface area (Å²) in [6.07, 6.45) is 9.55. The summed E-state index contributed by atoms with van der Waals surface area (Å²) in [5.74, 6) is 0.877. The van der Waals surface area contributed by atoms with Crippen molar-refractivity contribution in [2.45, 2.75) is 83.7 Å². The van der Waals surface area contributed by atoms with E-state index in [1.165, 1.54) is 64.6 Å². The van der Waals surface area contributed by atoms with Gasteiger partial charge in [-0.3, -0.25) is 4.90 Å². The first-order valence-corrected chi connectivity index (χ1v) is 8.57. The summed E-state index contributed by atoms with van der Waals surface area (Å²) in [6.45, 7) is 13.3. The lowest BCUT2D eigenvalue weighted by molar-refractivity contribution is 0.00215. The molecule has 1 saturated carbocycles. The average molecular weight is 266 g/mol. The van der Waals surface area contributed by atoms with Gasteiger partial charge in [0.05, 0.1) is 0 Å². The van der Waals surface area contributed by atoms with Crippen molar-refractivity contribution in [3.05, 3.63) is 0 Å². The molecule has 0 aromatic heterocycles. The maximum atomic E-state index is 3.93. The number of nitrogens with one attached hydrogen (secondary N) is 1. The third-order valence-corrected chi connectivity index (χ3v) is 6.06. The first-order chi connectivity index (χ1) is 9.07. The molecule has 0 aromatic rings. The highest BCUT2D eigenvalue weighted by Crippen LogP contribution is 2.37. The van der Waals surface area contributed by atoms with Gasteiger partial charge in [-0.05, 0) is 32.1 Å². The van der Waals surface area contributed by atoms with Crippen molar-refractivity contribution in [2.24, 2.45) is 5.92 Å². The smallest absolute Gasteiger partial charge is 0.0309 e. The van der Waals surface area contributed by atoms with Crippen LogP contribution in [-0.4, -0.2) is 35.6 Å². The Morgan fingerprint density at radius 3 is 2.26 bits per heavy atom. The van der Waals surface area contributed by atoms with E-state index in [4.69, 9.17) is 0 Å².